The van der Waals surface area contributed by atoms with Gasteiger partial charge in [0.1, 0.15) is 5.75 Å². The fraction of sp³-hybridized carbons (Fsp3) is 0.533. The molecule has 2 atom stereocenters. The Morgan fingerprint density at radius 1 is 1.47 bits per heavy atom. The molecule has 0 fully saturated rings. The van der Waals surface area contributed by atoms with Crippen LogP contribution in [0, 0.1) is 5.92 Å². The van der Waals surface area contributed by atoms with Gasteiger partial charge in [-0.15, -0.1) is 0 Å². The molecule has 0 aromatic heterocycles. The van der Waals surface area contributed by atoms with E-state index in [1.54, 1.807) is 14.0 Å². The molecule has 1 aliphatic carbocycles. The Hall–Kier alpha value is -1.55. The Balaban J connectivity index is 2.09. The summed E-state index contributed by atoms with van der Waals surface area (Å²) in [6.45, 7) is 2.21. The molecule has 104 valence electrons. The summed E-state index contributed by atoms with van der Waals surface area (Å²) in [4.78, 5) is 11.5. The Morgan fingerprint density at radius 2 is 2.26 bits per heavy atom. The second-order valence-electron chi connectivity index (χ2n) is 4.90. The lowest BCUT2D eigenvalue weighted by Crippen LogP contribution is -2.22. The summed E-state index contributed by atoms with van der Waals surface area (Å²) < 4.78 is 10.1. The first-order valence-electron chi connectivity index (χ1n) is 6.64. The Morgan fingerprint density at radius 3 is 2.95 bits per heavy atom. The van der Waals surface area contributed by atoms with Gasteiger partial charge in [-0.25, -0.2) is 0 Å². The minimum absolute atomic E-state index is 0.148. The molecule has 2 unspecified atom stereocenters. The van der Waals surface area contributed by atoms with Crippen molar-refractivity contribution in [3.8, 4) is 5.75 Å². The number of methoxy groups -OCH3 is 1. The number of aliphatic hydroxyl groups excluding tert-OH is 1. The highest BCUT2D eigenvalue weighted by molar-refractivity contribution is 5.69. The molecule has 0 spiro atoms. The first-order chi connectivity index (χ1) is 9.13. The topological polar surface area (TPSA) is 55.8 Å². The fourth-order valence-electron chi connectivity index (χ4n) is 2.64. The zero-order chi connectivity index (χ0) is 13.8. The van der Waals surface area contributed by atoms with Crippen LogP contribution in [0.2, 0.25) is 0 Å². The van der Waals surface area contributed by atoms with Gasteiger partial charge in [0.25, 0.3) is 0 Å². The van der Waals surface area contributed by atoms with Crippen LogP contribution in [0.5, 0.6) is 5.75 Å². The molecule has 0 aliphatic heterocycles. The normalized spacial score (nSPS) is 21.6. The number of rotatable bonds is 4. The standard InChI is InChI=1S/C15H20O4/c1-3-19-15(17)8-10-6-11-4-5-12(18-2)9-13(11)14(16)7-10/h4-5,9-10,14,16H,3,6-8H2,1-2H3. The highest BCUT2D eigenvalue weighted by Gasteiger charge is 2.27. The number of fused-ring (bicyclic) bond motifs is 1. The molecule has 0 bridgehead atoms. The molecule has 0 saturated heterocycles. The van der Waals surface area contributed by atoms with Gasteiger partial charge in [-0.3, -0.25) is 4.79 Å². The molecule has 0 amide bonds. The molecule has 4 heteroatoms. The lowest BCUT2D eigenvalue weighted by Gasteiger charge is -2.28. The van der Waals surface area contributed by atoms with Crippen LogP contribution < -0.4 is 4.74 Å². The number of hydrogen-bond acceptors (Lipinski definition) is 4. The summed E-state index contributed by atoms with van der Waals surface area (Å²) in [6, 6.07) is 5.73. The van der Waals surface area contributed by atoms with Gasteiger partial charge < -0.3 is 14.6 Å². The van der Waals surface area contributed by atoms with E-state index in [1.807, 2.05) is 18.2 Å². The molecular formula is C15H20O4. The number of carbonyl (C=O) groups is 1. The maximum Gasteiger partial charge on any atom is 0.306 e. The Bertz CT molecular complexity index is 455. The molecular weight excluding hydrogens is 244 g/mol. The number of ether oxygens (including phenoxy) is 2. The maximum absolute atomic E-state index is 11.5. The predicted octanol–water partition coefficient (Wildman–Crippen LogP) is 2.24. The fourth-order valence-corrected chi connectivity index (χ4v) is 2.64. The lowest BCUT2D eigenvalue weighted by molar-refractivity contribution is -0.144. The van der Waals surface area contributed by atoms with E-state index < -0.39 is 6.10 Å². The maximum atomic E-state index is 11.5. The van der Waals surface area contributed by atoms with Crippen molar-refractivity contribution < 1.29 is 19.4 Å². The first kappa shape index (κ1) is 13.9. The second-order valence-corrected chi connectivity index (χ2v) is 4.90. The van der Waals surface area contributed by atoms with E-state index in [1.165, 1.54) is 0 Å². The van der Waals surface area contributed by atoms with Crippen LogP contribution in [0.1, 0.15) is 37.0 Å². The Kier molecular flexibility index (Phi) is 4.43. The lowest BCUT2D eigenvalue weighted by atomic mass is 9.80. The van der Waals surface area contributed by atoms with Crippen molar-refractivity contribution in [1.29, 1.82) is 0 Å². The van der Waals surface area contributed by atoms with Gasteiger partial charge in [-0.1, -0.05) is 6.07 Å². The third kappa shape index (κ3) is 3.26. The van der Waals surface area contributed by atoms with E-state index in [0.717, 1.165) is 23.3 Å². The van der Waals surface area contributed by atoms with Crippen LogP contribution in [0.4, 0.5) is 0 Å². The first-order valence-corrected chi connectivity index (χ1v) is 6.64. The third-order valence-corrected chi connectivity index (χ3v) is 3.54. The van der Waals surface area contributed by atoms with Gasteiger partial charge in [0, 0.05) is 6.42 Å². The molecule has 0 saturated carbocycles. The minimum Gasteiger partial charge on any atom is -0.497 e. The largest absolute Gasteiger partial charge is 0.497 e. The van der Waals surface area contributed by atoms with Crippen LogP contribution in [0.3, 0.4) is 0 Å². The quantitative estimate of drug-likeness (QED) is 0.847. The minimum atomic E-state index is -0.529. The molecule has 1 N–H and O–H groups in total. The molecule has 1 aromatic rings. The van der Waals surface area contributed by atoms with Gasteiger partial charge in [-0.2, -0.15) is 0 Å². The van der Waals surface area contributed by atoms with Gasteiger partial charge >= 0.3 is 5.97 Å². The molecule has 4 nitrogen and oxygen atoms in total. The molecule has 2 rings (SSSR count). The number of aliphatic hydroxyl groups is 1. The van der Waals surface area contributed by atoms with Crippen LogP contribution in [0.25, 0.3) is 0 Å². The van der Waals surface area contributed by atoms with Crippen molar-refractivity contribution in [1.82, 2.24) is 0 Å². The van der Waals surface area contributed by atoms with Crippen molar-refractivity contribution in [2.45, 2.75) is 32.3 Å². The van der Waals surface area contributed by atoms with E-state index in [4.69, 9.17) is 9.47 Å². The highest BCUT2D eigenvalue weighted by atomic mass is 16.5. The average molecular weight is 264 g/mol. The molecule has 1 aliphatic rings. The number of benzene rings is 1. The van der Waals surface area contributed by atoms with Crippen molar-refractivity contribution in [3.05, 3.63) is 29.3 Å². The van der Waals surface area contributed by atoms with E-state index in [-0.39, 0.29) is 11.9 Å². The molecule has 0 radical (unpaired) electrons. The molecule has 19 heavy (non-hydrogen) atoms. The van der Waals surface area contributed by atoms with E-state index in [0.29, 0.717) is 19.4 Å². The monoisotopic (exact) mass is 264 g/mol. The van der Waals surface area contributed by atoms with Crippen LogP contribution in [0.15, 0.2) is 18.2 Å². The van der Waals surface area contributed by atoms with Gasteiger partial charge in [-0.05, 0) is 48.9 Å². The van der Waals surface area contributed by atoms with Crippen molar-refractivity contribution in [2.75, 3.05) is 13.7 Å². The summed E-state index contributed by atoms with van der Waals surface area (Å²) in [5.41, 5.74) is 2.01. The summed E-state index contributed by atoms with van der Waals surface area (Å²) in [5.74, 6) is 0.716. The van der Waals surface area contributed by atoms with E-state index in [2.05, 4.69) is 0 Å². The zero-order valence-electron chi connectivity index (χ0n) is 11.4. The van der Waals surface area contributed by atoms with Crippen molar-refractivity contribution in [3.63, 3.8) is 0 Å². The number of hydrogen-bond donors (Lipinski definition) is 1. The average Bonchev–Trinajstić information content (AvgIpc) is 2.38. The van der Waals surface area contributed by atoms with Crippen LogP contribution in [-0.2, 0) is 16.0 Å². The van der Waals surface area contributed by atoms with Gasteiger partial charge in [0.05, 0.1) is 19.8 Å². The highest BCUT2D eigenvalue weighted by Crippen LogP contribution is 2.36. The van der Waals surface area contributed by atoms with Crippen molar-refractivity contribution >= 4 is 5.97 Å². The number of carbonyl (C=O) groups excluding carboxylic acids is 1. The number of esters is 1. The molecule has 1 aromatic carbocycles. The van der Waals surface area contributed by atoms with Crippen LogP contribution >= 0.6 is 0 Å². The summed E-state index contributed by atoms with van der Waals surface area (Å²) in [5, 5.41) is 10.2. The van der Waals surface area contributed by atoms with Crippen LogP contribution in [-0.4, -0.2) is 24.8 Å². The summed E-state index contributed by atoms with van der Waals surface area (Å²) >= 11 is 0. The smallest absolute Gasteiger partial charge is 0.306 e. The SMILES string of the molecule is CCOC(=O)CC1Cc2ccc(OC)cc2C(O)C1. The van der Waals surface area contributed by atoms with E-state index >= 15 is 0 Å². The van der Waals surface area contributed by atoms with E-state index in [9.17, 15) is 9.90 Å². The second kappa shape index (κ2) is 6.06. The van der Waals surface area contributed by atoms with Gasteiger partial charge in [0.15, 0.2) is 0 Å². The summed E-state index contributed by atoms with van der Waals surface area (Å²) in [7, 11) is 1.61. The zero-order valence-corrected chi connectivity index (χ0v) is 11.4. The van der Waals surface area contributed by atoms with Crippen molar-refractivity contribution in [2.24, 2.45) is 5.92 Å². The Labute approximate surface area is 113 Å². The predicted molar refractivity (Wildman–Crippen MR) is 71.0 cm³/mol. The van der Waals surface area contributed by atoms with Gasteiger partial charge in [0.2, 0.25) is 0 Å². The third-order valence-electron chi connectivity index (χ3n) is 3.54. The summed E-state index contributed by atoms with van der Waals surface area (Å²) in [6.07, 6.45) is 1.24. The molecule has 0 heterocycles.